The molecule has 5 nitrogen and oxygen atoms in total. The molecule has 0 aliphatic heterocycles. The zero-order valence-electron chi connectivity index (χ0n) is 11.1. The SMILES string of the molecule is C[C@@H](Sc1ncccn1)c1nnc(-c2ccc(F)cc2)o1. The standard InChI is InChI=1S/C14H11FN4OS/c1-9(21-14-16-7-2-8-17-14)12-18-19-13(20-12)10-3-5-11(15)6-4-10/h2-9H,1H3/t9-/m1/s1. The lowest BCUT2D eigenvalue weighted by Crippen LogP contribution is -1.91. The molecule has 2 heterocycles. The molecule has 0 bridgehead atoms. The van der Waals surface area contributed by atoms with Crippen LogP contribution in [-0.2, 0) is 0 Å². The Morgan fingerprint density at radius 3 is 2.52 bits per heavy atom. The van der Waals surface area contributed by atoms with E-state index in [1.807, 2.05) is 6.92 Å². The monoisotopic (exact) mass is 302 g/mol. The highest BCUT2D eigenvalue weighted by Crippen LogP contribution is 2.32. The molecule has 0 radical (unpaired) electrons. The van der Waals surface area contributed by atoms with Crippen molar-refractivity contribution >= 4 is 11.8 Å². The second-order valence-corrected chi connectivity index (χ2v) is 5.55. The summed E-state index contributed by atoms with van der Waals surface area (Å²) in [7, 11) is 0. The number of nitrogens with zero attached hydrogens (tertiary/aromatic N) is 4. The van der Waals surface area contributed by atoms with Gasteiger partial charge in [-0.3, -0.25) is 0 Å². The number of thioether (sulfide) groups is 1. The molecule has 1 aromatic carbocycles. The normalized spacial score (nSPS) is 12.3. The molecule has 0 unspecified atom stereocenters. The summed E-state index contributed by atoms with van der Waals surface area (Å²) in [6.45, 7) is 1.93. The lowest BCUT2D eigenvalue weighted by atomic mass is 10.2. The van der Waals surface area contributed by atoms with Crippen molar-refractivity contribution in [2.75, 3.05) is 0 Å². The van der Waals surface area contributed by atoms with Crippen LogP contribution < -0.4 is 0 Å². The van der Waals surface area contributed by atoms with Gasteiger partial charge >= 0.3 is 0 Å². The average Bonchev–Trinajstić information content (AvgIpc) is 2.99. The van der Waals surface area contributed by atoms with Gasteiger partial charge in [-0.2, -0.15) is 0 Å². The highest BCUT2D eigenvalue weighted by Gasteiger charge is 2.17. The first-order chi connectivity index (χ1) is 10.2. The summed E-state index contributed by atoms with van der Waals surface area (Å²) in [6, 6.07) is 7.67. The second-order valence-electron chi connectivity index (χ2n) is 4.24. The summed E-state index contributed by atoms with van der Waals surface area (Å²) in [5, 5.41) is 8.58. The maximum Gasteiger partial charge on any atom is 0.247 e. The lowest BCUT2D eigenvalue weighted by molar-refractivity contribution is 0.509. The van der Waals surface area contributed by atoms with Crippen LogP contribution in [-0.4, -0.2) is 20.2 Å². The smallest absolute Gasteiger partial charge is 0.247 e. The largest absolute Gasteiger partial charge is 0.419 e. The van der Waals surface area contributed by atoms with Crippen molar-refractivity contribution in [2.45, 2.75) is 17.3 Å². The van der Waals surface area contributed by atoms with Crippen LogP contribution in [0.3, 0.4) is 0 Å². The van der Waals surface area contributed by atoms with Crippen molar-refractivity contribution in [3.05, 3.63) is 54.4 Å². The first kappa shape index (κ1) is 13.7. The summed E-state index contributed by atoms with van der Waals surface area (Å²) < 4.78 is 18.5. The molecule has 106 valence electrons. The molecule has 0 saturated heterocycles. The third-order valence-corrected chi connectivity index (χ3v) is 3.68. The van der Waals surface area contributed by atoms with Gasteiger partial charge in [0.2, 0.25) is 11.8 Å². The third kappa shape index (κ3) is 3.25. The van der Waals surface area contributed by atoms with Gasteiger partial charge in [-0.15, -0.1) is 10.2 Å². The zero-order chi connectivity index (χ0) is 14.7. The molecule has 1 atom stereocenters. The topological polar surface area (TPSA) is 64.7 Å². The second kappa shape index (κ2) is 6.01. The third-order valence-electron chi connectivity index (χ3n) is 2.70. The van der Waals surface area contributed by atoms with Gasteiger partial charge in [0.25, 0.3) is 0 Å². The number of benzene rings is 1. The predicted molar refractivity (Wildman–Crippen MR) is 76.0 cm³/mol. The fourth-order valence-corrected chi connectivity index (χ4v) is 2.42. The van der Waals surface area contributed by atoms with E-state index in [1.165, 1.54) is 23.9 Å². The van der Waals surface area contributed by atoms with E-state index >= 15 is 0 Å². The molecule has 0 aliphatic carbocycles. The Hall–Kier alpha value is -2.28. The van der Waals surface area contributed by atoms with E-state index in [1.54, 1.807) is 30.6 Å². The first-order valence-corrected chi connectivity index (χ1v) is 7.13. The molecule has 7 heteroatoms. The van der Waals surface area contributed by atoms with Gasteiger partial charge in [0.05, 0.1) is 5.25 Å². The van der Waals surface area contributed by atoms with Gasteiger partial charge in [0.1, 0.15) is 5.82 Å². The average molecular weight is 302 g/mol. The van der Waals surface area contributed by atoms with E-state index in [0.717, 1.165) is 0 Å². The van der Waals surface area contributed by atoms with Crippen LogP contribution in [0, 0.1) is 5.82 Å². The highest BCUT2D eigenvalue weighted by atomic mass is 32.2. The number of rotatable bonds is 4. The minimum Gasteiger partial charge on any atom is -0.419 e. The minimum absolute atomic E-state index is 0.0749. The van der Waals surface area contributed by atoms with Gasteiger partial charge in [-0.1, -0.05) is 11.8 Å². The van der Waals surface area contributed by atoms with Gasteiger partial charge in [-0.05, 0) is 37.3 Å². The Bertz CT molecular complexity index is 717. The van der Waals surface area contributed by atoms with Crippen LogP contribution >= 0.6 is 11.8 Å². The molecular weight excluding hydrogens is 291 g/mol. The molecular formula is C14H11FN4OS. The van der Waals surface area contributed by atoms with Crippen LogP contribution in [0.15, 0.2) is 52.3 Å². The van der Waals surface area contributed by atoms with Crippen molar-refractivity contribution < 1.29 is 8.81 Å². The number of hydrogen-bond donors (Lipinski definition) is 0. The van der Waals surface area contributed by atoms with Crippen molar-refractivity contribution in [1.82, 2.24) is 20.2 Å². The number of halogens is 1. The maximum atomic E-state index is 12.9. The molecule has 3 aromatic rings. The summed E-state index contributed by atoms with van der Waals surface area (Å²) in [5.41, 5.74) is 0.684. The first-order valence-electron chi connectivity index (χ1n) is 6.25. The number of hydrogen-bond acceptors (Lipinski definition) is 6. The Labute approximate surface area is 124 Å². The van der Waals surface area contributed by atoms with Gasteiger partial charge in [-0.25, -0.2) is 14.4 Å². The van der Waals surface area contributed by atoms with Crippen molar-refractivity contribution in [2.24, 2.45) is 0 Å². The lowest BCUT2D eigenvalue weighted by Gasteiger charge is -2.03. The molecule has 0 spiro atoms. The quantitative estimate of drug-likeness (QED) is 0.542. The fraction of sp³-hybridized carbons (Fsp3) is 0.143. The Balaban J connectivity index is 1.76. The van der Waals surface area contributed by atoms with Gasteiger partial charge in [0, 0.05) is 18.0 Å². The van der Waals surface area contributed by atoms with E-state index in [-0.39, 0.29) is 11.1 Å². The van der Waals surface area contributed by atoms with Crippen molar-refractivity contribution in [3.8, 4) is 11.5 Å². The summed E-state index contributed by atoms with van der Waals surface area (Å²) in [4.78, 5) is 8.28. The van der Waals surface area contributed by atoms with Crippen LogP contribution in [0.1, 0.15) is 18.1 Å². The Morgan fingerprint density at radius 1 is 1.10 bits per heavy atom. The molecule has 0 aliphatic rings. The molecule has 3 rings (SSSR count). The highest BCUT2D eigenvalue weighted by molar-refractivity contribution is 7.99. The molecule has 2 aromatic heterocycles. The molecule has 0 amide bonds. The number of aromatic nitrogens is 4. The minimum atomic E-state index is -0.302. The zero-order valence-corrected chi connectivity index (χ0v) is 11.9. The summed E-state index contributed by atoms with van der Waals surface area (Å²) in [5.74, 6) is 0.543. The van der Waals surface area contributed by atoms with Crippen molar-refractivity contribution in [1.29, 1.82) is 0 Å². The molecule has 0 N–H and O–H groups in total. The van der Waals surface area contributed by atoms with E-state index in [0.29, 0.717) is 22.5 Å². The van der Waals surface area contributed by atoms with Crippen LogP contribution in [0.2, 0.25) is 0 Å². The van der Waals surface area contributed by atoms with E-state index in [4.69, 9.17) is 4.42 Å². The van der Waals surface area contributed by atoms with Crippen LogP contribution in [0.5, 0.6) is 0 Å². The Kier molecular flexibility index (Phi) is 3.92. The molecule has 21 heavy (non-hydrogen) atoms. The van der Waals surface area contributed by atoms with E-state index in [9.17, 15) is 4.39 Å². The van der Waals surface area contributed by atoms with E-state index < -0.39 is 0 Å². The van der Waals surface area contributed by atoms with Crippen LogP contribution in [0.25, 0.3) is 11.5 Å². The summed E-state index contributed by atoms with van der Waals surface area (Å²) >= 11 is 1.43. The molecule has 0 fully saturated rings. The van der Waals surface area contributed by atoms with Crippen LogP contribution in [0.4, 0.5) is 4.39 Å². The Morgan fingerprint density at radius 2 is 1.81 bits per heavy atom. The van der Waals surface area contributed by atoms with E-state index in [2.05, 4.69) is 20.2 Å². The molecule has 0 saturated carbocycles. The summed E-state index contributed by atoms with van der Waals surface area (Å²) in [6.07, 6.45) is 3.36. The predicted octanol–water partition coefficient (Wildman–Crippen LogP) is 3.52. The fourth-order valence-electron chi connectivity index (χ4n) is 1.66. The maximum absolute atomic E-state index is 12.9. The van der Waals surface area contributed by atoms with Crippen molar-refractivity contribution in [3.63, 3.8) is 0 Å². The van der Waals surface area contributed by atoms with Gasteiger partial charge < -0.3 is 4.42 Å². The van der Waals surface area contributed by atoms with Gasteiger partial charge in [0.15, 0.2) is 5.16 Å².